The Kier molecular flexibility index (Phi) is 5.08. The van der Waals surface area contributed by atoms with Gasteiger partial charge >= 0.3 is 6.03 Å². The van der Waals surface area contributed by atoms with E-state index in [0.717, 1.165) is 12.0 Å². The van der Waals surface area contributed by atoms with Gasteiger partial charge in [-0.1, -0.05) is 12.5 Å². The number of hydrogen-bond acceptors (Lipinski definition) is 3. The lowest BCUT2D eigenvalue weighted by molar-refractivity contribution is 0.255. The van der Waals surface area contributed by atoms with Gasteiger partial charge in [0, 0.05) is 11.9 Å². The second-order valence-corrected chi connectivity index (χ2v) is 5.57. The van der Waals surface area contributed by atoms with Crippen LogP contribution in [0.2, 0.25) is 0 Å². The highest BCUT2D eigenvalue weighted by Crippen LogP contribution is 2.12. The number of amides is 2. The average Bonchev–Trinajstić information content (AvgIpc) is 2.35. The largest absolute Gasteiger partial charge is 0.323 e. The summed E-state index contributed by atoms with van der Waals surface area (Å²) in [5.41, 5.74) is 1.52. The minimum Gasteiger partial charge on any atom is -0.314 e. The zero-order chi connectivity index (χ0) is 14.5. The molecular formula is C12H17N3O3S. The molecule has 0 aliphatic heterocycles. The highest BCUT2D eigenvalue weighted by molar-refractivity contribution is 7.89. The van der Waals surface area contributed by atoms with Gasteiger partial charge in [0.1, 0.15) is 0 Å². The van der Waals surface area contributed by atoms with Gasteiger partial charge in [-0.2, -0.15) is 0 Å². The van der Waals surface area contributed by atoms with Crippen LogP contribution in [-0.4, -0.2) is 14.4 Å². The number of benzene rings is 1. The Bertz CT molecular complexity index is 577. The molecule has 0 heterocycles. The van der Waals surface area contributed by atoms with Gasteiger partial charge in [0.2, 0.25) is 10.0 Å². The summed E-state index contributed by atoms with van der Waals surface area (Å²) in [5, 5.41) is 10.1. The molecule has 0 aromatic heterocycles. The van der Waals surface area contributed by atoms with E-state index in [9.17, 15) is 13.2 Å². The van der Waals surface area contributed by atoms with Crippen molar-refractivity contribution in [3.8, 4) is 0 Å². The lowest BCUT2D eigenvalue weighted by Crippen LogP contribution is -2.24. The lowest BCUT2D eigenvalue weighted by atomic mass is 10.3. The van der Waals surface area contributed by atoms with Gasteiger partial charge in [-0.3, -0.25) is 0 Å². The first-order valence-corrected chi connectivity index (χ1v) is 7.23. The fourth-order valence-corrected chi connectivity index (χ4v) is 1.70. The van der Waals surface area contributed by atoms with Gasteiger partial charge < -0.3 is 10.6 Å². The van der Waals surface area contributed by atoms with E-state index in [2.05, 4.69) is 10.6 Å². The summed E-state index contributed by atoms with van der Waals surface area (Å²) in [6, 6.07) is 5.21. The Morgan fingerprint density at radius 1 is 1.32 bits per heavy atom. The molecule has 2 amide bonds. The van der Waals surface area contributed by atoms with Gasteiger partial charge in [-0.25, -0.2) is 18.4 Å². The molecule has 4 N–H and O–H groups in total. The number of carbonyl (C=O) groups is 1. The van der Waals surface area contributed by atoms with Crippen molar-refractivity contribution in [3.05, 3.63) is 36.0 Å². The molecule has 0 unspecified atom stereocenters. The normalized spacial score (nSPS) is 12.1. The number of nitrogens with two attached hydrogens (primary N) is 1. The summed E-state index contributed by atoms with van der Waals surface area (Å²) >= 11 is 0. The smallest absolute Gasteiger partial charge is 0.314 e. The molecule has 7 heteroatoms. The van der Waals surface area contributed by atoms with Crippen molar-refractivity contribution in [2.75, 3.05) is 5.32 Å². The van der Waals surface area contributed by atoms with Gasteiger partial charge in [-0.15, -0.1) is 0 Å². The number of primary sulfonamides is 1. The van der Waals surface area contributed by atoms with Crippen molar-refractivity contribution in [2.24, 2.45) is 5.14 Å². The van der Waals surface area contributed by atoms with Crippen LogP contribution in [0.4, 0.5) is 10.5 Å². The molecule has 0 saturated heterocycles. The van der Waals surface area contributed by atoms with E-state index in [1.807, 2.05) is 13.8 Å². The Morgan fingerprint density at radius 2 is 1.89 bits per heavy atom. The van der Waals surface area contributed by atoms with E-state index in [1.165, 1.54) is 24.3 Å². The van der Waals surface area contributed by atoms with Crippen LogP contribution < -0.4 is 15.8 Å². The van der Waals surface area contributed by atoms with Crippen LogP contribution in [0, 0.1) is 0 Å². The minimum absolute atomic E-state index is 0.000168. The quantitative estimate of drug-likeness (QED) is 0.784. The van der Waals surface area contributed by atoms with Crippen LogP contribution in [0.1, 0.15) is 20.3 Å². The van der Waals surface area contributed by atoms with Crippen molar-refractivity contribution < 1.29 is 13.2 Å². The number of anilines is 1. The van der Waals surface area contributed by atoms with E-state index in [4.69, 9.17) is 5.14 Å². The van der Waals surface area contributed by atoms with E-state index in [-0.39, 0.29) is 4.90 Å². The molecule has 0 aliphatic carbocycles. The van der Waals surface area contributed by atoms with Crippen LogP contribution in [-0.2, 0) is 10.0 Å². The van der Waals surface area contributed by atoms with Crippen LogP contribution in [0.25, 0.3) is 0 Å². The lowest BCUT2D eigenvalue weighted by Gasteiger charge is -2.06. The molecule has 0 atom stereocenters. The third-order valence-electron chi connectivity index (χ3n) is 2.45. The van der Waals surface area contributed by atoms with Crippen molar-refractivity contribution >= 4 is 21.7 Å². The molecule has 19 heavy (non-hydrogen) atoms. The molecule has 0 aliphatic rings. The molecule has 0 spiro atoms. The fourth-order valence-electron chi connectivity index (χ4n) is 1.19. The minimum atomic E-state index is -3.71. The maximum atomic E-state index is 11.5. The van der Waals surface area contributed by atoms with Crippen LogP contribution in [0.15, 0.2) is 40.9 Å². The molecule has 0 fully saturated rings. The highest BCUT2D eigenvalue weighted by Gasteiger charge is 2.07. The molecule has 0 bridgehead atoms. The Hall–Kier alpha value is -1.86. The maximum Gasteiger partial charge on any atom is 0.323 e. The monoisotopic (exact) mass is 283 g/mol. The number of nitrogens with one attached hydrogen (secondary N) is 2. The molecule has 1 rings (SSSR count). The number of carbonyl (C=O) groups excluding carboxylic acids is 1. The third-order valence-corrected chi connectivity index (χ3v) is 3.38. The fraction of sp³-hybridized carbons (Fsp3) is 0.250. The van der Waals surface area contributed by atoms with E-state index < -0.39 is 16.1 Å². The summed E-state index contributed by atoms with van der Waals surface area (Å²) in [5.74, 6) is 0. The van der Waals surface area contributed by atoms with Crippen LogP contribution in [0.5, 0.6) is 0 Å². The Morgan fingerprint density at radius 3 is 2.37 bits per heavy atom. The van der Waals surface area contributed by atoms with Crippen molar-refractivity contribution in [1.29, 1.82) is 0 Å². The maximum absolute atomic E-state index is 11.5. The number of hydrogen-bond donors (Lipinski definition) is 3. The molecular weight excluding hydrogens is 266 g/mol. The van der Waals surface area contributed by atoms with Crippen molar-refractivity contribution in [1.82, 2.24) is 5.32 Å². The predicted octanol–water partition coefficient (Wildman–Crippen LogP) is 1.77. The second-order valence-electron chi connectivity index (χ2n) is 4.01. The first-order valence-electron chi connectivity index (χ1n) is 5.69. The highest BCUT2D eigenvalue weighted by atomic mass is 32.2. The van der Waals surface area contributed by atoms with Crippen LogP contribution >= 0.6 is 0 Å². The number of sulfonamides is 1. The first kappa shape index (κ1) is 15.2. The zero-order valence-electron chi connectivity index (χ0n) is 10.8. The zero-order valence-corrected chi connectivity index (χ0v) is 11.6. The van der Waals surface area contributed by atoms with Gasteiger partial charge in [-0.05, 0) is 37.6 Å². The van der Waals surface area contributed by atoms with Crippen LogP contribution in [0.3, 0.4) is 0 Å². The molecule has 104 valence electrons. The SMILES string of the molecule is CC/C(C)=C/NC(=O)Nc1ccc(S(N)(=O)=O)cc1. The van der Waals surface area contributed by atoms with E-state index in [0.29, 0.717) is 5.69 Å². The van der Waals surface area contributed by atoms with Gasteiger partial charge in [0.05, 0.1) is 4.90 Å². The topological polar surface area (TPSA) is 101 Å². The molecule has 1 aromatic carbocycles. The molecule has 0 radical (unpaired) electrons. The summed E-state index contributed by atoms with van der Waals surface area (Å²) in [6.07, 6.45) is 2.47. The third kappa shape index (κ3) is 5.11. The number of urea groups is 1. The van der Waals surface area contributed by atoms with Gasteiger partial charge in [0.15, 0.2) is 0 Å². The summed E-state index contributed by atoms with van der Waals surface area (Å²) < 4.78 is 22.1. The summed E-state index contributed by atoms with van der Waals surface area (Å²) in [6.45, 7) is 3.89. The second kappa shape index (κ2) is 6.35. The first-order chi connectivity index (χ1) is 8.82. The van der Waals surface area contributed by atoms with E-state index in [1.54, 1.807) is 6.20 Å². The number of allylic oxidation sites excluding steroid dienone is 1. The van der Waals surface area contributed by atoms with Crippen molar-refractivity contribution in [2.45, 2.75) is 25.2 Å². The molecule has 1 aromatic rings. The van der Waals surface area contributed by atoms with E-state index >= 15 is 0 Å². The predicted molar refractivity (Wildman–Crippen MR) is 74.0 cm³/mol. The van der Waals surface area contributed by atoms with Gasteiger partial charge in [0.25, 0.3) is 0 Å². The van der Waals surface area contributed by atoms with Crippen molar-refractivity contribution in [3.63, 3.8) is 0 Å². The Balaban J connectivity index is 2.66. The number of rotatable bonds is 4. The summed E-state index contributed by atoms with van der Waals surface area (Å²) in [4.78, 5) is 11.5. The summed E-state index contributed by atoms with van der Waals surface area (Å²) in [7, 11) is -3.71. The Labute approximate surface area is 112 Å². The molecule has 0 saturated carbocycles. The molecule has 6 nitrogen and oxygen atoms in total. The standard InChI is InChI=1S/C12H17N3O3S/c1-3-9(2)8-14-12(16)15-10-4-6-11(7-5-10)19(13,17)18/h4-8H,3H2,1-2H3,(H2,13,17,18)(H2,14,15,16)/b9-8+. The average molecular weight is 283 g/mol.